The maximum atomic E-state index is 12.5. The third-order valence-corrected chi connectivity index (χ3v) is 7.61. The molecule has 0 radical (unpaired) electrons. The van der Waals surface area contributed by atoms with Gasteiger partial charge in [-0.2, -0.15) is 0 Å². The molecule has 2 N–H and O–H groups in total. The molecule has 2 aliphatic rings. The smallest absolute Gasteiger partial charge is 0.316 e. The molecule has 0 fully saturated rings. The first-order chi connectivity index (χ1) is 12.5. The van der Waals surface area contributed by atoms with E-state index in [1.807, 2.05) is 13.0 Å². The van der Waals surface area contributed by atoms with E-state index >= 15 is 0 Å². The summed E-state index contributed by atoms with van der Waals surface area (Å²) in [7, 11) is 0. The summed E-state index contributed by atoms with van der Waals surface area (Å²) in [4.78, 5) is 30.1. The summed E-state index contributed by atoms with van der Waals surface area (Å²) in [6, 6.07) is 3.84. The fraction of sp³-hybridized carbons (Fsp3) is 0.474. The normalized spacial score (nSPS) is 21.7. The Balaban J connectivity index is 1.37. The zero-order valence-electron chi connectivity index (χ0n) is 15.0. The van der Waals surface area contributed by atoms with Gasteiger partial charge in [0, 0.05) is 16.3 Å². The fourth-order valence-electron chi connectivity index (χ4n) is 3.85. The number of amides is 3. The van der Waals surface area contributed by atoms with Crippen LogP contribution in [0.1, 0.15) is 56.9 Å². The molecule has 26 heavy (non-hydrogen) atoms. The van der Waals surface area contributed by atoms with Gasteiger partial charge in [0.25, 0.3) is 5.91 Å². The SMILES string of the molecule is C[C@@H]1CCc2sc(C(=O)NNC(=O)N3CCc4sccc4[C@@H]3C)cc2C1. The summed E-state index contributed by atoms with van der Waals surface area (Å²) >= 11 is 3.29. The van der Waals surface area contributed by atoms with Crippen LogP contribution in [0.5, 0.6) is 0 Å². The van der Waals surface area contributed by atoms with Crippen LogP contribution in [0.4, 0.5) is 4.79 Å². The number of aryl methyl sites for hydroxylation is 1. The van der Waals surface area contributed by atoms with Crippen molar-refractivity contribution in [2.24, 2.45) is 5.92 Å². The first-order valence-electron chi connectivity index (χ1n) is 9.07. The van der Waals surface area contributed by atoms with Crippen molar-refractivity contribution in [1.29, 1.82) is 0 Å². The van der Waals surface area contributed by atoms with Gasteiger partial charge < -0.3 is 4.90 Å². The highest BCUT2D eigenvalue weighted by molar-refractivity contribution is 7.14. The van der Waals surface area contributed by atoms with Gasteiger partial charge >= 0.3 is 6.03 Å². The number of rotatable bonds is 1. The lowest BCUT2D eigenvalue weighted by molar-refractivity contribution is 0.0929. The van der Waals surface area contributed by atoms with Gasteiger partial charge in [0.1, 0.15) is 0 Å². The third-order valence-electron chi connectivity index (χ3n) is 5.37. The van der Waals surface area contributed by atoms with E-state index in [2.05, 4.69) is 29.2 Å². The van der Waals surface area contributed by atoms with Gasteiger partial charge in [0.15, 0.2) is 0 Å². The summed E-state index contributed by atoms with van der Waals surface area (Å²) in [5, 5.41) is 2.07. The van der Waals surface area contributed by atoms with Crippen LogP contribution in [0.15, 0.2) is 17.5 Å². The molecule has 4 rings (SSSR count). The standard InChI is InChI=1S/C19H23N3O2S2/c1-11-3-4-15-13(9-11)10-17(26-15)18(23)20-21-19(24)22-7-5-16-14(12(22)2)6-8-25-16/h6,8,10-12H,3-5,7,9H2,1-2H3,(H,20,23)(H,21,24)/t11-,12+/m1/s1. The molecule has 7 heteroatoms. The first kappa shape index (κ1) is 17.5. The van der Waals surface area contributed by atoms with Crippen molar-refractivity contribution in [3.8, 4) is 0 Å². The molecule has 5 nitrogen and oxygen atoms in total. The van der Waals surface area contributed by atoms with Crippen LogP contribution >= 0.6 is 22.7 Å². The number of urea groups is 1. The van der Waals surface area contributed by atoms with Gasteiger partial charge in [-0.05, 0) is 67.2 Å². The van der Waals surface area contributed by atoms with Gasteiger partial charge in [-0.15, -0.1) is 22.7 Å². The second-order valence-corrected chi connectivity index (χ2v) is 9.35. The lowest BCUT2D eigenvalue weighted by Crippen LogP contribution is -2.50. The number of hydrazine groups is 1. The molecule has 0 saturated heterocycles. The van der Waals surface area contributed by atoms with E-state index in [1.165, 1.54) is 27.3 Å². The number of thiophene rings is 2. The molecule has 2 atom stereocenters. The van der Waals surface area contributed by atoms with Crippen LogP contribution in [0.3, 0.4) is 0 Å². The molecule has 1 aliphatic heterocycles. The van der Waals surface area contributed by atoms with Gasteiger partial charge in [-0.1, -0.05) is 6.92 Å². The number of hydrogen-bond donors (Lipinski definition) is 2. The summed E-state index contributed by atoms with van der Waals surface area (Å²) < 4.78 is 0. The van der Waals surface area contributed by atoms with Crippen molar-refractivity contribution < 1.29 is 9.59 Å². The second-order valence-electron chi connectivity index (χ2n) is 7.21. The van der Waals surface area contributed by atoms with Crippen LogP contribution in [0.2, 0.25) is 0 Å². The molecule has 138 valence electrons. The van der Waals surface area contributed by atoms with Crippen molar-refractivity contribution in [1.82, 2.24) is 15.8 Å². The Bertz CT molecular complexity index is 842. The summed E-state index contributed by atoms with van der Waals surface area (Å²) in [6.45, 7) is 4.95. The minimum atomic E-state index is -0.252. The van der Waals surface area contributed by atoms with Gasteiger partial charge in [-0.3, -0.25) is 10.2 Å². The Hall–Kier alpha value is -1.86. The highest BCUT2D eigenvalue weighted by Crippen LogP contribution is 2.33. The largest absolute Gasteiger partial charge is 0.336 e. The molecule has 0 aromatic carbocycles. The highest BCUT2D eigenvalue weighted by Gasteiger charge is 2.28. The number of carbonyl (C=O) groups excluding carboxylic acids is 2. The Morgan fingerprint density at radius 3 is 2.88 bits per heavy atom. The molecule has 3 amide bonds. The zero-order valence-corrected chi connectivity index (χ0v) is 16.6. The molecule has 0 bridgehead atoms. The highest BCUT2D eigenvalue weighted by atomic mass is 32.1. The van der Waals surface area contributed by atoms with E-state index in [4.69, 9.17) is 0 Å². The minimum absolute atomic E-state index is 0.0254. The number of hydrogen-bond acceptors (Lipinski definition) is 4. The topological polar surface area (TPSA) is 61.4 Å². The monoisotopic (exact) mass is 389 g/mol. The lowest BCUT2D eigenvalue weighted by atomic mass is 9.90. The van der Waals surface area contributed by atoms with Crippen LogP contribution in [0.25, 0.3) is 0 Å². The van der Waals surface area contributed by atoms with Crippen molar-refractivity contribution in [2.45, 2.75) is 45.6 Å². The summed E-state index contributed by atoms with van der Waals surface area (Å²) in [6.07, 6.45) is 4.14. The molecule has 0 saturated carbocycles. The van der Waals surface area contributed by atoms with Crippen molar-refractivity contribution in [3.05, 3.63) is 43.3 Å². The van der Waals surface area contributed by atoms with E-state index in [9.17, 15) is 9.59 Å². The molecular formula is C19H23N3O2S2. The maximum absolute atomic E-state index is 12.5. The molecule has 1 aliphatic carbocycles. The van der Waals surface area contributed by atoms with E-state index in [-0.39, 0.29) is 18.0 Å². The van der Waals surface area contributed by atoms with E-state index in [1.54, 1.807) is 27.6 Å². The summed E-state index contributed by atoms with van der Waals surface area (Å²) in [5.74, 6) is 0.446. The Morgan fingerprint density at radius 2 is 2.04 bits per heavy atom. The molecule has 0 spiro atoms. The van der Waals surface area contributed by atoms with Crippen molar-refractivity contribution in [3.63, 3.8) is 0 Å². The number of nitrogens with one attached hydrogen (secondary N) is 2. The fourth-order valence-corrected chi connectivity index (χ4v) is 5.91. The summed E-state index contributed by atoms with van der Waals surface area (Å²) in [5.41, 5.74) is 7.68. The van der Waals surface area contributed by atoms with Gasteiger partial charge in [0.2, 0.25) is 0 Å². The minimum Gasteiger partial charge on any atom is -0.316 e. The van der Waals surface area contributed by atoms with E-state index in [0.29, 0.717) is 17.3 Å². The van der Waals surface area contributed by atoms with Crippen LogP contribution in [-0.4, -0.2) is 23.4 Å². The molecule has 3 heterocycles. The zero-order chi connectivity index (χ0) is 18.3. The maximum Gasteiger partial charge on any atom is 0.336 e. The van der Waals surface area contributed by atoms with E-state index < -0.39 is 0 Å². The molecule has 2 aromatic heterocycles. The van der Waals surface area contributed by atoms with E-state index in [0.717, 1.165) is 19.3 Å². The number of carbonyl (C=O) groups is 2. The average Bonchev–Trinajstić information content (AvgIpc) is 3.26. The Kier molecular flexibility index (Phi) is 4.75. The quantitative estimate of drug-likeness (QED) is 0.727. The molecule has 0 unspecified atom stereocenters. The molecular weight excluding hydrogens is 366 g/mol. The first-order valence-corrected chi connectivity index (χ1v) is 10.8. The van der Waals surface area contributed by atoms with Crippen LogP contribution in [0, 0.1) is 5.92 Å². The predicted molar refractivity (Wildman–Crippen MR) is 105 cm³/mol. The molecule has 2 aromatic rings. The van der Waals surface area contributed by atoms with Crippen LogP contribution in [-0.2, 0) is 19.3 Å². The van der Waals surface area contributed by atoms with Crippen molar-refractivity contribution in [2.75, 3.05) is 6.54 Å². The Morgan fingerprint density at radius 1 is 1.19 bits per heavy atom. The van der Waals surface area contributed by atoms with Gasteiger partial charge in [-0.25, -0.2) is 10.2 Å². The second kappa shape index (κ2) is 7.04. The number of fused-ring (bicyclic) bond motifs is 2. The van der Waals surface area contributed by atoms with Crippen molar-refractivity contribution >= 4 is 34.6 Å². The third kappa shape index (κ3) is 3.25. The van der Waals surface area contributed by atoms with Gasteiger partial charge in [0.05, 0.1) is 10.9 Å². The Labute approximate surface area is 161 Å². The lowest BCUT2D eigenvalue weighted by Gasteiger charge is -2.33. The predicted octanol–water partition coefficient (Wildman–Crippen LogP) is 3.91. The average molecular weight is 390 g/mol. The number of nitrogens with zero attached hydrogens (tertiary/aromatic N) is 1. The van der Waals surface area contributed by atoms with Crippen LogP contribution < -0.4 is 10.9 Å².